The summed E-state index contributed by atoms with van der Waals surface area (Å²) in [4.78, 5) is 18.9. The number of carbonyl (C=O) groups excluding carboxylic acids is 1. The van der Waals surface area contributed by atoms with Gasteiger partial charge in [-0.2, -0.15) is 0 Å². The molecule has 0 aliphatic rings. The van der Waals surface area contributed by atoms with Crippen molar-refractivity contribution in [1.82, 2.24) is 9.97 Å². The molecule has 0 aliphatic carbocycles. The number of nitrogens with zero attached hydrogens (tertiary/aromatic N) is 2. The van der Waals surface area contributed by atoms with Crippen molar-refractivity contribution in [2.45, 2.75) is 31.5 Å². The summed E-state index contributed by atoms with van der Waals surface area (Å²) in [5, 5.41) is 3.93. The Hall–Kier alpha value is -1.10. The smallest absolute Gasteiger partial charge is 0.189 e. The molecule has 0 saturated carbocycles. The van der Waals surface area contributed by atoms with E-state index in [0.717, 1.165) is 17.7 Å². The van der Waals surface area contributed by atoms with Crippen LogP contribution in [0.4, 0.5) is 5.82 Å². The van der Waals surface area contributed by atoms with E-state index < -0.39 is 0 Å². The molecule has 15 heavy (non-hydrogen) atoms. The highest BCUT2D eigenvalue weighted by molar-refractivity contribution is 7.98. The lowest BCUT2D eigenvalue weighted by Gasteiger charge is -2.12. The van der Waals surface area contributed by atoms with Gasteiger partial charge in [0.05, 0.1) is 0 Å². The topological polar surface area (TPSA) is 54.9 Å². The average Bonchev–Trinajstić information content (AvgIpc) is 2.20. The normalized spacial score (nSPS) is 10.4. The second-order valence-corrected chi connectivity index (χ2v) is 4.17. The van der Waals surface area contributed by atoms with Gasteiger partial charge in [-0.3, -0.25) is 0 Å². The molecule has 0 saturated heterocycles. The van der Waals surface area contributed by atoms with Crippen molar-refractivity contribution >= 4 is 23.9 Å². The van der Waals surface area contributed by atoms with Crippen LogP contribution in [0.1, 0.15) is 19.4 Å². The standard InChI is InChI=1S/C10H15N3OS/c1-7(2)12-9-8(4-5-14)6-11-10(13-9)15-3/h5-7H,4H2,1-3H3,(H,11,12,13). The van der Waals surface area contributed by atoms with Crippen molar-refractivity contribution in [3.05, 3.63) is 11.8 Å². The SMILES string of the molecule is CSc1ncc(CC=O)c(NC(C)C)n1. The maximum atomic E-state index is 10.5. The number of hydrogen-bond acceptors (Lipinski definition) is 5. The summed E-state index contributed by atoms with van der Waals surface area (Å²) in [6.07, 6.45) is 4.85. The lowest BCUT2D eigenvalue weighted by atomic mass is 10.2. The third-order valence-electron chi connectivity index (χ3n) is 1.75. The van der Waals surface area contributed by atoms with E-state index in [2.05, 4.69) is 15.3 Å². The molecule has 0 bridgehead atoms. The molecular formula is C10H15N3OS. The molecule has 0 amide bonds. The van der Waals surface area contributed by atoms with Crippen LogP contribution < -0.4 is 5.32 Å². The first-order chi connectivity index (χ1) is 7.17. The molecule has 0 spiro atoms. The Balaban J connectivity index is 2.98. The predicted octanol–water partition coefficient (Wildman–Crippen LogP) is 1.76. The van der Waals surface area contributed by atoms with Crippen LogP contribution in [0.5, 0.6) is 0 Å². The lowest BCUT2D eigenvalue weighted by molar-refractivity contribution is -0.107. The third kappa shape index (κ3) is 3.51. The monoisotopic (exact) mass is 225 g/mol. The molecule has 82 valence electrons. The molecule has 4 nitrogen and oxygen atoms in total. The van der Waals surface area contributed by atoms with E-state index in [4.69, 9.17) is 0 Å². The number of rotatable bonds is 5. The number of hydrogen-bond donors (Lipinski definition) is 1. The molecule has 1 aromatic rings. The third-order valence-corrected chi connectivity index (χ3v) is 2.32. The van der Waals surface area contributed by atoms with E-state index in [1.807, 2.05) is 20.1 Å². The summed E-state index contributed by atoms with van der Waals surface area (Å²) in [5.41, 5.74) is 0.844. The van der Waals surface area contributed by atoms with Gasteiger partial charge in [0.25, 0.3) is 0 Å². The molecule has 1 N–H and O–H groups in total. The van der Waals surface area contributed by atoms with Crippen molar-refractivity contribution in [2.75, 3.05) is 11.6 Å². The highest BCUT2D eigenvalue weighted by Crippen LogP contribution is 2.17. The number of aromatic nitrogens is 2. The number of carbonyl (C=O) groups is 1. The Morgan fingerprint density at radius 3 is 2.87 bits per heavy atom. The van der Waals surface area contributed by atoms with Crippen molar-refractivity contribution < 1.29 is 4.79 Å². The van der Waals surface area contributed by atoms with Gasteiger partial charge in [0.2, 0.25) is 0 Å². The fourth-order valence-corrected chi connectivity index (χ4v) is 1.47. The van der Waals surface area contributed by atoms with Crippen LogP contribution in [-0.2, 0) is 11.2 Å². The van der Waals surface area contributed by atoms with E-state index in [9.17, 15) is 4.79 Å². The van der Waals surface area contributed by atoms with Gasteiger partial charge in [-0.1, -0.05) is 11.8 Å². The van der Waals surface area contributed by atoms with Crippen LogP contribution in [0.25, 0.3) is 0 Å². The minimum atomic E-state index is 0.292. The maximum Gasteiger partial charge on any atom is 0.189 e. The van der Waals surface area contributed by atoms with Crippen LogP contribution >= 0.6 is 11.8 Å². The Kier molecular flexibility index (Phi) is 4.55. The molecule has 1 heterocycles. The van der Waals surface area contributed by atoms with Crippen molar-refractivity contribution in [2.24, 2.45) is 0 Å². The van der Waals surface area contributed by atoms with E-state index >= 15 is 0 Å². The van der Waals surface area contributed by atoms with Crippen LogP contribution in [0, 0.1) is 0 Å². The molecular weight excluding hydrogens is 210 g/mol. The van der Waals surface area contributed by atoms with Gasteiger partial charge in [0.15, 0.2) is 5.16 Å². The van der Waals surface area contributed by atoms with Gasteiger partial charge in [0, 0.05) is 24.2 Å². The minimum Gasteiger partial charge on any atom is -0.368 e. The van der Waals surface area contributed by atoms with Gasteiger partial charge in [-0.05, 0) is 20.1 Å². The first kappa shape index (κ1) is 12.0. The zero-order valence-electron chi connectivity index (χ0n) is 9.15. The zero-order valence-corrected chi connectivity index (χ0v) is 9.97. The van der Waals surface area contributed by atoms with Gasteiger partial charge in [0.1, 0.15) is 12.1 Å². The summed E-state index contributed by atoms with van der Waals surface area (Å²) in [5.74, 6) is 0.761. The molecule has 5 heteroatoms. The number of thioether (sulfide) groups is 1. The van der Waals surface area contributed by atoms with Gasteiger partial charge in [-0.15, -0.1) is 0 Å². The largest absolute Gasteiger partial charge is 0.368 e. The van der Waals surface area contributed by atoms with E-state index in [1.165, 1.54) is 11.8 Å². The minimum absolute atomic E-state index is 0.292. The van der Waals surface area contributed by atoms with Gasteiger partial charge < -0.3 is 10.1 Å². The van der Waals surface area contributed by atoms with Crippen molar-refractivity contribution in [3.8, 4) is 0 Å². The maximum absolute atomic E-state index is 10.5. The second-order valence-electron chi connectivity index (χ2n) is 3.40. The molecule has 0 radical (unpaired) electrons. The number of aldehydes is 1. The molecule has 0 aromatic carbocycles. The molecule has 0 unspecified atom stereocenters. The van der Waals surface area contributed by atoms with E-state index in [0.29, 0.717) is 17.6 Å². The van der Waals surface area contributed by atoms with Crippen molar-refractivity contribution in [3.63, 3.8) is 0 Å². The Bertz CT molecular complexity index is 341. The summed E-state index contributed by atoms with van der Waals surface area (Å²) < 4.78 is 0. The number of nitrogens with one attached hydrogen (secondary N) is 1. The van der Waals surface area contributed by atoms with Gasteiger partial charge in [-0.25, -0.2) is 9.97 Å². The number of anilines is 1. The molecule has 0 atom stereocenters. The highest BCUT2D eigenvalue weighted by atomic mass is 32.2. The summed E-state index contributed by atoms with van der Waals surface area (Å²) in [6, 6.07) is 0.292. The van der Waals surface area contributed by atoms with Crippen LogP contribution in [0.15, 0.2) is 11.4 Å². The molecule has 1 rings (SSSR count). The van der Waals surface area contributed by atoms with Crippen LogP contribution in [0.2, 0.25) is 0 Å². The Morgan fingerprint density at radius 2 is 2.33 bits per heavy atom. The summed E-state index contributed by atoms with van der Waals surface area (Å²) >= 11 is 1.49. The first-order valence-corrected chi connectivity index (χ1v) is 6.00. The Morgan fingerprint density at radius 1 is 1.60 bits per heavy atom. The van der Waals surface area contributed by atoms with Gasteiger partial charge >= 0.3 is 0 Å². The van der Waals surface area contributed by atoms with Crippen LogP contribution in [-0.4, -0.2) is 28.6 Å². The Labute approximate surface area is 93.9 Å². The lowest BCUT2D eigenvalue weighted by Crippen LogP contribution is -2.14. The fraction of sp³-hybridized carbons (Fsp3) is 0.500. The quantitative estimate of drug-likeness (QED) is 0.470. The first-order valence-electron chi connectivity index (χ1n) is 4.77. The predicted molar refractivity (Wildman–Crippen MR) is 62.3 cm³/mol. The molecule has 1 aromatic heterocycles. The second kappa shape index (κ2) is 5.70. The highest BCUT2D eigenvalue weighted by Gasteiger charge is 2.07. The van der Waals surface area contributed by atoms with E-state index in [1.54, 1.807) is 6.20 Å². The van der Waals surface area contributed by atoms with Crippen molar-refractivity contribution in [1.29, 1.82) is 0 Å². The molecule has 0 fully saturated rings. The fourth-order valence-electron chi connectivity index (χ4n) is 1.13. The van der Waals surface area contributed by atoms with E-state index in [-0.39, 0.29) is 0 Å². The van der Waals surface area contributed by atoms with Crippen LogP contribution in [0.3, 0.4) is 0 Å². The zero-order chi connectivity index (χ0) is 11.3. The average molecular weight is 225 g/mol. The summed E-state index contributed by atoms with van der Waals surface area (Å²) in [7, 11) is 0. The molecule has 0 aliphatic heterocycles. The summed E-state index contributed by atoms with van der Waals surface area (Å²) in [6.45, 7) is 4.07.